The van der Waals surface area contributed by atoms with E-state index in [0.717, 1.165) is 0 Å². The highest BCUT2D eigenvalue weighted by Crippen LogP contribution is 2.13. The number of nitrogens with zero attached hydrogens (tertiary/aromatic N) is 1. The zero-order valence-electron chi connectivity index (χ0n) is 8.66. The van der Waals surface area contributed by atoms with Crippen molar-refractivity contribution in [2.24, 2.45) is 0 Å². The molecule has 1 unspecified atom stereocenters. The predicted molar refractivity (Wildman–Crippen MR) is 48.8 cm³/mol. The summed E-state index contributed by atoms with van der Waals surface area (Å²) in [5.74, 6) is -4.04. The fourth-order valence-electron chi connectivity index (χ4n) is 1.26. The van der Waals surface area contributed by atoms with Gasteiger partial charge in [0.15, 0.2) is 0 Å². The Morgan fingerprint density at radius 1 is 1.00 bits per heavy atom. The van der Waals surface area contributed by atoms with E-state index in [9.17, 15) is 19.6 Å². The molecule has 0 rings (SSSR count). The van der Waals surface area contributed by atoms with Crippen molar-refractivity contribution in [2.75, 3.05) is 13.1 Å². The topological polar surface area (TPSA) is 132 Å². The molecule has 8 nitrogen and oxygen atoms in total. The molecule has 0 aromatic carbocycles. The molecule has 0 radical (unpaired) electrons. The van der Waals surface area contributed by atoms with Crippen LogP contribution in [0.4, 0.5) is 0 Å². The van der Waals surface area contributed by atoms with Crippen LogP contribution in [0.1, 0.15) is 13.3 Å². The summed E-state index contributed by atoms with van der Waals surface area (Å²) >= 11 is 0. The lowest BCUT2D eigenvalue weighted by atomic mass is 10.2. The molecule has 0 saturated carbocycles. The monoisotopic (exact) mass is 236 g/mol. The van der Waals surface area contributed by atoms with Crippen LogP contribution in [0.2, 0.25) is 0 Å². The maximum Gasteiger partial charge on any atom is 0.362 e. The zero-order valence-corrected chi connectivity index (χ0v) is 8.66. The van der Waals surface area contributed by atoms with Crippen LogP contribution >= 0.6 is 0 Å². The number of aliphatic carboxylic acids is 3. The second-order valence-corrected chi connectivity index (χ2v) is 3.54. The molecule has 0 aliphatic carbocycles. The van der Waals surface area contributed by atoms with Crippen molar-refractivity contribution in [2.45, 2.75) is 19.4 Å². The second kappa shape index (κ2) is 5.42. The van der Waals surface area contributed by atoms with E-state index in [1.165, 1.54) is 6.92 Å². The molecule has 8 heteroatoms. The first-order valence-electron chi connectivity index (χ1n) is 4.42. The van der Waals surface area contributed by atoms with Crippen molar-refractivity contribution in [1.29, 1.82) is 0 Å². The summed E-state index contributed by atoms with van der Waals surface area (Å²) in [6.45, 7) is -0.443. The first kappa shape index (κ1) is 14.3. The van der Waals surface area contributed by atoms with Gasteiger partial charge in [0.1, 0.15) is 12.5 Å². The van der Waals surface area contributed by atoms with Crippen LogP contribution in [0.15, 0.2) is 0 Å². The summed E-state index contributed by atoms with van der Waals surface area (Å²) < 4.78 is -1.34. The first-order chi connectivity index (χ1) is 7.17. The maximum atomic E-state index is 10.5. The van der Waals surface area contributed by atoms with Gasteiger partial charge in [0.2, 0.25) is 13.1 Å². The van der Waals surface area contributed by atoms with Crippen molar-refractivity contribution < 1.29 is 39.6 Å². The molecule has 92 valence electrons. The van der Waals surface area contributed by atoms with E-state index in [2.05, 4.69) is 0 Å². The molecule has 0 amide bonds. The lowest BCUT2D eigenvalue weighted by Gasteiger charge is -2.31. The van der Waals surface area contributed by atoms with Gasteiger partial charge >= 0.3 is 17.9 Å². The van der Waals surface area contributed by atoms with Crippen LogP contribution in [0.3, 0.4) is 0 Å². The van der Waals surface area contributed by atoms with Crippen molar-refractivity contribution in [3.05, 3.63) is 0 Å². The molecule has 0 aliphatic rings. The number of rotatable bonds is 7. The number of hydroxylamine groups is 3. The highest BCUT2D eigenvalue weighted by Gasteiger charge is 2.39. The van der Waals surface area contributed by atoms with Crippen molar-refractivity contribution in [1.82, 2.24) is 0 Å². The van der Waals surface area contributed by atoms with Crippen molar-refractivity contribution >= 4 is 17.9 Å². The molecule has 0 spiro atoms. The lowest BCUT2D eigenvalue weighted by molar-refractivity contribution is -1.11. The van der Waals surface area contributed by atoms with E-state index in [1.807, 2.05) is 0 Å². The van der Waals surface area contributed by atoms with E-state index in [0.29, 0.717) is 0 Å². The normalized spacial score (nSPS) is 13.1. The van der Waals surface area contributed by atoms with Crippen LogP contribution in [0.25, 0.3) is 0 Å². The van der Waals surface area contributed by atoms with Gasteiger partial charge in [-0.2, -0.15) is 4.65 Å². The Balaban J connectivity index is 4.82. The molecule has 0 aromatic rings. The fraction of sp³-hybridized carbons (Fsp3) is 0.625. The minimum absolute atomic E-state index is 0.517. The molecule has 0 heterocycles. The van der Waals surface area contributed by atoms with Crippen LogP contribution in [-0.4, -0.2) is 62.2 Å². The Bertz CT molecular complexity index is 285. The van der Waals surface area contributed by atoms with E-state index in [4.69, 9.17) is 15.3 Å². The number of carboxylic acid groups (broad SMARTS) is 3. The third-order valence-electron chi connectivity index (χ3n) is 2.11. The number of quaternary nitrogens is 1. The Kier molecular flexibility index (Phi) is 4.86. The molecule has 0 bridgehead atoms. The van der Waals surface area contributed by atoms with Gasteiger partial charge in [-0.15, -0.1) is 0 Å². The molecule has 1 atom stereocenters. The number of hydrogen-bond acceptors (Lipinski definition) is 4. The SMILES string of the molecule is CC(CC(=O)O)[N+](O)(CC(=O)O)CC(=O)O. The van der Waals surface area contributed by atoms with Gasteiger partial charge in [-0.3, -0.25) is 4.79 Å². The average Bonchev–Trinajstić information content (AvgIpc) is 1.98. The van der Waals surface area contributed by atoms with E-state index < -0.39 is 48.1 Å². The molecule has 0 aliphatic heterocycles. The van der Waals surface area contributed by atoms with E-state index in [1.54, 1.807) is 0 Å². The first-order valence-corrected chi connectivity index (χ1v) is 4.42. The van der Waals surface area contributed by atoms with Gasteiger partial charge < -0.3 is 15.3 Å². The molecule has 0 fully saturated rings. The maximum absolute atomic E-state index is 10.5. The Hall–Kier alpha value is -1.67. The van der Waals surface area contributed by atoms with Crippen LogP contribution < -0.4 is 0 Å². The molecule has 16 heavy (non-hydrogen) atoms. The smallest absolute Gasteiger partial charge is 0.362 e. The molecule has 4 N–H and O–H groups in total. The predicted octanol–water partition coefficient (Wildman–Crippen LogP) is -0.775. The molecular weight excluding hydrogens is 222 g/mol. The Morgan fingerprint density at radius 2 is 1.38 bits per heavy atom. The van der Waals surface area contributed by atoms with Gasteiger partial charge in [-0.05, 0) is 6.92 Å². The second-order valence-electron chi connectivity index (χ2n) is 3.54. The fourth-order valence-corrected chi connectivity index (χ4v) is 1.26. The number of carboxylic acids is 3. The summed E-state index contributed by atoms with van der Waals surface area (Å²) in [7, 11) is 0. The van der Waals surface area contributed by atoms with Gasteiger partial charge in [0.25, 0.3) is 0 Å². The number of carbonyl (C=O) groups is 3. The van der Waals surface area contributed by atoms with Gasteiger partial charge in [0, 0.05) is 0 Å². The summed E-state index contributed by atoms with van der Waals surface area (Å²) in [6.07, 6.45) is -0.517. The zero-order chi connectivity index (χ0) is 12.9. The summed E-state index contributed by atoms with van der Waals surface area (Å²) in [4.78, 5) is 31.4. The highest BCUT2D eigenvalue weighted by molar-refractivity contribution is 5.71. The third kappa shape index (κ3) is 4.71. The lowest BCUT2D eigenvalue weighted by Crippen LogP contribution is -2.57. The molecule has 0 aromatic heterocycles. The van der Waals surface area contributed by atoms with Crippen LogP contribution in [-0.2, 0) is 14.4 Å². The highest BCUT2D eigenvalue weighted by atomic mass is 16.6. The Labute approximate surface area is 90.9 Å². The van der Waals surface area contributed by atoms with Crippen molar-refractivity contribution in [3.8, 4) is 0 Å². The molecule has 0 saturated heterocycles. The summed E-state index contributed by atoms with van der Waals surface area (Å²) in [5.41, 5.74) is 0. The standard InChI is InChI=1S/C8H13NO7/c1-5(2-6(10)11)9(16,3-7(12)13)4-8(14)15/h5,16H,2-4H2,1H3,(H2-,10,11,12,13,14,15)/p+1. The van der Waals surface area contributed by atoms with Gasteiger partial charge in [-0.25, -0.2) is 14.8 Å². The van der Waals surface area contributed by atoms with Gasteiger partial charge in [-0.1, -0.05) is 0 Å². The third-order valence-corrected chi connectivity index (χ3v) is 2.11. The quantitative estimate of drug-likeness (QED) is 0.337. The summed E-state index contributed by atoms with van der Waals surface area (Å²) in [6, 6.07) is -1.02. The Morgan fingerprint density at radius 3 is 1.62 bits per heavy atom. The number of hydrogen-bond donors (Lipinski definition) is 4. The van der Waals surface area contributed by atoms with Gasteiger partial charge in [0.05, 0.1) is 0 Å². The van der Waals surface area contributed by atoms with Crippen LogP contribution in [0, 0.1) is 0 Å². The summed E-state index contributed by atoms with van der Waals surface area (Å²) in [5, 5.41) is 35.3. The average molecular weight is 236 g/mol. The van der Waals surface area contributed by atoms with E-state index in [-0.39, 0.29) is 0 Å². The largest absolute Gasteiger partial charge is 0.481 e. The molecular formula is C8H14NO7+. The minimum Gasteiger partial charge on any atom is -0.481 e. The van der Waals surface area contributed by atoms with Crippen molar-refractivity contribution in [3.63, 3.8) is 0 Å². The van der Waals surface area contributed by atoms with E-state index >= 15 is 0 Å². The van der Waals surface area contributed by atoms with Crippen LogP contribution in [0.5, 0.6) is 0 Å². The minimum atomic E-state index is -1.40.